The lowest BCUT2D eigenvalue weighted by Crippen LogP contribution is -2.40. The van der Waals surface area contributed by atoms with Crippen LogP contribution in [0.25, 0.3) is 11.4 Å². The zero-order valence-corrected chi connectivity index (χ0v) is 14.7. The molecule has 1 saturated heterocycles. The molecule has 0 aromatic carbocycles. The smallest absolute Gasteiger partial charge is 0.232 e. The lowest BCUT2D eigenvalue weighted by Gasteiger charge is -2.31. The second-order valence-electron chi connectivity index (χ2n) is 5.93. The zero-order chi connectivity index (χ0) is 16.8. The maximum absolute atomic E-state index is 12.3. The van der Waals surface area contributed by atoms with Crippen molar-refractivity contribution in [3.8, 4) is 11.4 Å². The topological polar surface area (TPSA) is 72.1 Å². The highest BCUT2D eigenvalue weighted by atomic mass is 32.2. The quantitative estimate of drug-likeness (QED) is 0.749. The molecule has 6 nitrogen and oxygen atoms in total. The van der Waals surface area contributed by atoms with Crippen molar-refractivity contribution < 1.29 is 9.32 Å². The maximum Gasteiger partial charge on any atom is 0.232 e. The molecule has 24 heavy (non-hydrogen) atoms. The minimum Gasteiger partial charge on any atom is -0.341 e. The standard InChI is InChI=1S/C17H22N4O2S/c1-2-9-24-12-15(22)21-8-4-6-14(11-21)17-19-16(20-23-17)13-5-3-7-18-10-13/h3,5,7,10,14H,2,4,6,8-9,11-12H2,1H3. The molecule has 2 aromatic heterocycles. The van der Waals surface area contributed by atoms with Crippen LogP contribution in [-0.4, -0.2) is 50.5 Å². The Morgan fingerprint density at radius 3 is 3.21 bits per heavy atom. The Hall–Kier alpha value is -1.89. The second kappa shape index (κ2) is 8.28. The van der Waals surface area contributed by atoms with Gasteiger partial charge in [0.05, 0.1) is 11.7 Å². The number of aromatic nitrogens is 3. The van der Waals surface area contributed by atoms with E-state index in [0.29, 0.717) is 24.0 Å². The van der Waals surface area contributed by atoms with E-state index in [1.807, 2.05) is 17.0 Å². The van der Waals surface area contributed by atoms with Gasteiger partial charge in [0, 0.05) is 31.0 Å². The highest BCUT2D eigenvalue weighted by molar-refractivity contribution is 7.99. The first-order valence-electron chi connectivity index (χ1n) is 8.37. The van der Waals surface area contributed by atoms with Crippen molar-refractivity contribution in [2.75, 3.05) is 24.6 Å². The van der Waals surface area contributed by atoms with E-state index in [9.17, 15) is 4.79 Å². The van der Waals surface area contributed by atoms with Gasteiger partial charge >= 0.3 is 0 Å². The summed E-state index contributed by atoms with van der Waals surface area (Å²) in [6.07, 6.45) is 6.47. The Balaban J connectivity index is 1.63. The summed E-state index contributed by atoms with van der Waals surface area (Å²) in [7, 11) is 0. The molecule has 3 rings (SSSR count). The Kier molecular flexibility index (Phi) is 5.85. The summed E-state index contributed by atoms with van der Waals surface area (Å²) in [6.45, 7) is 3.62. The lowest BCUT2D eigenvalue weighted by molar-refractivity contribution is -0.129. The number of rotatable bonds is 6. The number of thioether (sulfide) groups is 1. The Bertz CT molecular complexity index is 662. The third kappa shape index (κ3) is 4.14. The SMILES string of the molecule is CCCSCC(=O)N1CCCC(c2nc(-c3cccnc3)no2)C1. The minimum absolute atomic E-state index is 0.122. The van der Waals surface area contributed by atoms with E-state index in [1.54, 1.807) is 24.2 Å². The van der Waals surface area contributed by atoms with Gasteiger partial charge in [-0.15, -0.1) is 0 Å². The predicted molar refractivity (Wildman–Crippen MR) is 93.7 cm³/mol. The van der Waals surface area contributed by atoms with E-state index in [2.05, 4.69) is 22.0 Å². The van der Waals surface area contributed by atoms with Crippen molar-refractivity contribution in [3.05, 3.63) is 30.4 Å². The number of likely N-dealkylation sites (tertiary alicyclic amines) is 1. The van der Waals surface area contributed by atoms with Gasteiger partial charge in [-0.2, -0.15) is 16.7 Å². The van der Waals surface area contributed by atoms with Crippen LogP contribution in [0.15, 0.2) is 29.0 Å². The summed E-state index contributed by atoms with van der Waals surface area (Å²) in [5, 5.41) is 4.06. The molecule has 1 amide bonds. The number of piperidine rings is 1. The normalized spacial score (nSPS) is 17.9. The van der Waals surface area contributed by atoms with Crippen LogP contribution in [-0.2, 0) is 4.79 Å². The fourth-order valence-electron chi connectivity index (χ4n) is 2.81. The molecule has 1 unspecified atom stereocenters. The highest BCUT2D eigenvalue weighted by Gasteiger charge is 2.28. The Morgan fingerprint density at radius 1 is 1.50 bits per heavy atom. The number of hydrogen-bond donors (Lipinski definition) is 0. The molecule has 0 saturated carbocycles. The number of carbonyl (C=O) groups excluding carboxylic acids is 1. The molecule has 0 N–H and O–H groups in total. The van der Waals surface area contributed by atoms with Crippen LogP contribution in [0.4, 0.5) is 0 Å². The van der Waals surface area contributed by atoms with Crippen LogP contribution < -0.4 is 0 Å². The van der Waals surface area contributed by atoms with Gasteiger partial charge in [0.1, 0.15) is 0 Å². The van der Waals surface area contributed by atoms with Crippen LogP contribution in [0.2, 0.25) is 0 Å². The van der Waals surface area contributed by atoms with Gasteiger partial charge in [0.15, 0.2) is 0 Å². The van der Waals surface area contributed by atoms with E-state index in [-0.39, 0.29) is 11.8 Å². The van der Waals surface area contributed by atoms with Gasteiger partial charge in [-0.25, -0.2) is 0 Å². The van der Waals surface area contributed by atoms with Crippen molar-refractivity contribution in [2.45, 2.75) is 32.1 Å². The molecule has 3 heterocycles. The molecule has 1 atom stereocenters. The van der Waals surface area contributed by atoms with Crippen molar-refractivity contribution in [2.24, 2.45) is 0 Å². The highest BCUT2D eigenvalue weighted by Crippen LogP contribution is 2.27. The van der Waals surface area contributed by atoms with Gasteiger partial charge in [-0.1, -0.05) is 12.1 Å². The Morgan fingerprint density at radius 2 is 2.42 bits per heavy atom. The van der Waals surface area contributed by atoms with Gasteiger partial charge in [0.2, 0.25) is 17.6 Å². The molecule has 0 bridgehead atoms. The van der Waals surface area contributed by atoms with Crippen molar-refractivity contribution >= 4 is 17.7 Å². The third-order valence-corrected chi connectivity index (χ3v) is 5.21. The van der Waals surface area contributed by atoms with Crippen LogP contribution in [0.3, 0.4) is 0 Å². The number of amides is 1. The summed E-state index contributed by atoms with van der Waals surface area (Å²) in [5.41, 5.74) is 0.840. The summed E-state index contributed by atoms with van der Waals surface area (Å²) in [5.74, 6) is 3.10. The second-order valence-corrected chi connectivity index (χ2v) is 7.03. The molecule has 1 aliphatic heterocycles. The van der Waals surface area contributed by atoms with E-state index in [0.717, 1.165) is 37.1 Å². The van der Waals surface area contributed by atoms with Gasteiger partial charge in [-0.05, 0) is 37.1 Å². The largest absolute Gasteiger partial charge is 0.341 e. The molecule has 7 heteroatoms. The Labute approximate surface area is 146 Å². The molecule has 0 spiro atoms. The van der Waals surface area contributed by atoms with Crippen molar-refractivity contribution in [1.82, 2.24) is 20.0 Å². The predicted octanol–water partition coefficient (Wildman–Crippen LogP) is 2.98. The summed E-state index contributed by atoms with van der Waals surface area (Å²) in [6, 6.07) is 3.75. The first kappa shape index (κ1) is 17.0. The third-order valence-electron chi connectivity index (χ3n) is 4.06. The minimum atomic E-state index is 0.122. The van der Waals surface area contributed by atoms with Crippen LogP contribution in [0.1, 0.15) is 38.0 Å². The molecule has 128 valence electrons. The van der Waals surface area contributed by atoms with Gasteiger partial charge in [-0.3, -0.25) is 9.78 Å². The first-order chi connectivity index (χ1) is 11.8. The molecule has 1 fully saturated rings. The maximum atomic E-state index is 12.3. The molecule has 2 aromatic rings. The number of pyridine rings is 1. The van der Waals surface area contributed by atoms with Gasteiger partial charge < -0.3 is 9.42 Å². The average molecular weight is 346 g/mol. The molecule has 0 radical (unpaired) electrons. The van der Waals surface area contributed by atoms with E-state index in [4.69, 9.17) is 4.52 Å². The summed E-state index contributed by atoms with van der Waals surface area (Å²) < 4.78 is 5.45. The molecule has 1 aliphatic rings. The van der Waals surface area contributed by atoms with Crippen molar-refractivity contribution in [1.29, 1.82) is 0 Å². The summed E-state index contributed by atoms with van der Waals surface area (Å²) >= 11 is 1.70. The zero-order valence-electron chi connectivity index (χ0n) is 13.9. The first-order valence-corrected chi connectivity index (χ1v) is 9.53. The molecule has 0 aliphatic carbocycles. The van der Waals surface area contributed by atoms with E-state index >= 15 is 0 Å². The lowest BCUT2D eigenvalue weighted by atomic mass is 9.98. The van der Waals surface area contributed by atoms with E-state index in [1.165, 1.54) is 0 Å². The monoisotopic (exact) mass is 346 g/mol. The summed E-state index contributed by atoms with van der Waals surface area (Å²) in [4.78, 5) is 22.8. The fourth-order valence-corrected chi connectivity index (χ4v) is 3.60. The van der Waals surface area contributed by atoms with Crippen LogP contribution in [0, 0.1) is 0 Å². The van der Waals surface area contributed by atoms with Crippen LogP contribution in [0.5, 0.6) is 0 Å². The number of hydrogen-bond acceptors (Lipinski definition) is 6. The average Bonchev–Trinajstić information content (AvgIpc) is 3.13. The van der Waals surface area contributed by atoms with Crippen molar-refractivity contribution in [3.63, 3.8) is 0 Å². The molecular formula is C17H22N4O2S. The fraction of sp³-hybridized carbons (Fsp3) is 0.529. The van der Waals surface area contributed by atoms with Gasteiger partial charge in [0.25, 0.3) is 0 Å². The van der Waals surface area contributed by atoms with Crippen LogP contribution >= 0.6 is 11.8 Å². The van der Waals surface area contributed by atoms with E-state index < -0.39 is 0 Å². The number of carbonyl (C=O) groups is 1. The molecular weight excluding hydrogens is 324 g/mol. The number of nitrogens with zero attached hydrogens (tertiary/aromatic N) is 4.